The van der Waals surface area contributed by atoms with Crippen molar-refractivity contribution in [3.63, 3.8) is 0 Å². The molecule has 0 aromatic heterocycles. The SMILES string of the molecule is Cc1ccc(/C=C/C2CC(C)CCN2)cc1F. The minimum Gasteiger partial charge on any atom is -0.310 e. The first-order valence-corrected chi connectivity index (χ1v) is 6.33. The van der Waals surface area contributed by atoms with Crippen LogP contribution in [0.3, 0.4) is 0 Å². The Hall–Kier alpha value is -1.15. The van der Waals surface area contributed by atoms with E-state index in [1.54, 1.807) is 13.0 Å². The number of halogens is 1. The molecule has 1 aliphatic heterocycles. The molecule has 0 spiro atoms. The van der Waals surface area contributed by atoms with Gasteiger partial charge < -0.3 is 5.32 Å². The fourth-order valence-corrected chi connectivity index (χ4v) is 2.24. The lowest BCUT2D eigenvalue weighted by Gasteiger charge is -2.25. The van der Waals surface area contributed by atoms with Crippen molar-refractivity contribution < 1.29 is 4.39 Å². The van der Waals surface area contributed by atoms with E-state index in [1.807, 2.05) is 18.2 Å². The molecule has 17 heavy (non-hydrogen) atoms. The molecule has 2 atom stereocenters. The van der Waals surface area contributed by atoms with Gasteiger partial charge in [-0.1, -0.05) is 31.2 Å². The van der Waals surface area contributed by atoms with Gasteiger partial charge in [0.1, 0.15) is 5.82 Å². The molecule has 2 heteroatoms. The molecule has 0 bridgehead atoms. The molecule has 1 aliphatic rings. The van der Waals surface area contributed by atoms with Crippen LogP contribution in [-0.4, -0.2) is 12.6 Å². The van der Waals surface area contributed by atoms with E-state index in [4.69, 9.17) is 0 Å². The van der Waals surface area contributed by atoms with Gasteiger partial charge in [0.25, 0.3) is 0 Å². The van der Waals surface area contributed by atoms with Crippen molar-refractivity contribution in [2.45, 2.75) is 32.7 Å². The second-order valence-electron chi connectivity index (χ2n) is 5.06. The number of benzene rings is 1. The van der Waals surface area contributed by atoms with Crippen LogP contribution >= 0.6 is 0 Å². The number of hydrogen-bond donors (Lipinski definition) is 1. The van der Waals surface area contributed by atoms with Crippen LogP contribution in [0.4, 0.5) is 4.39 Å². The van der Waals surface area contributed by atoms with Crippen molar-refractivity contribution in [3.05, 3.63) is 41.2 Å². The molecule has 1 saturated heterocycles. The first kappa shape index (κ1) is 12.3. The van der Waals surface area contributed by atoms with Gasteiger partial charge in [0, 0.05) is 6.04 Å². The van der Waals surface area contributed by atoms with Crippen molar-refractivity contribution in [1.82, 2.24) is 5.32 Å². The van der Waals surface area contributed by atoms with E-state index < -0.39 is 0 Å². The average molecular weight is 233 g/mol. The number of hydrogen-bond acceptors (Lipinski definition) is 1. The van der Waals surface area contributed by atoms with E-state index in [9.17, 15) is 4.39 Å². The Labute approximate surface area is 103 Å². The lowest BCUT2D eigenvalue weighted by molar-refractivity contribution is 0.357. The molecule has 2 rings (SSSR count). The smallest absolute Gasteiger partial charge is 0.126 e. The molecule has 1 nitrogen and oxygen atoms in total. The van der Waals surface area contributed by atoms with Crippen LogP contribution in [0.15, 0.2) is 24.3 Å². The van der Waals surface area contributed by atoms with E-state index in [2.05, 4.69) is 18.3 Å². The first-order valence-electron chi connectivity index (χ1n) is 6.33. The molecular formula is C15H20FN. The Balaban J connectivity index is 2.01. The summed E-state index contributed by atoms with van der Waals surface area (Å²) in [5.74, 6) is 0.651. The highest BCUT2D eigenvalue weighted by Gasteiger charge is 2.15. The van der Waals surface area contributed by atoms with Crippen LogP contribution in [0.2, 0.25) is 0 Å². The fourth-order valence-electron chi connectivity index (χ4n) is 2.24. The van der Waals surface area contributed by atoms with E-state index in [1.165, 1.54) is 12.8 Å². The van der Waals surface area contributed by atoms with Gasteiger partial charge >= 0.3 is 0 Å². The van der Waals surface area contributed by atoms with E-state index >= 15 is 0 Å². The monoisotopic (exact) mass is 233 g/mol. The molecule has 92 valence electrons. The molecule has 1 aromatic rings. The molecule has 1 aromatic carbocycles. The van der Waals surface area contributed by atoms with Gasteiger partial charge in [0.05, 0.1) is 0 Å². The zero-order valence-electron chi connectivity index (χ0n) is 10.5. The van der Waals surface area contributed by atoms with E-state index in [-0.39, 0.29) is 5.82 Å². The van der Waals surface area contributed by atoms with Crippen LogP contribution in [-0.2, 0) is 0 Å². The lowest BCUT2D eigenvalue weighted by atomic mass is 9.94. The minimum absolute atomic E-state index is 0.128. The minimum atomic E-state index is -0.128. The molecule has 1 heterocycles. The van der Waals surface area contributed by atoms with Gasteiger partial charge in [0.15, 0.2) is 0 Å². The Morgan fingerprint density at radius 2 is 2.24 bits per heavy atom. The normalized spacial score (nSPS) is 25.4. The third-order valence-corrected chi connectivity index (χ3v) is 3.42. The zero-order chi connectivity index (χ0) is 12.3. The lowest BCUT2D eigenvalue weighted by Crippen LogP contribution is -2.35. The summed E-state index contributed by atoms with van der Waals surface area (Å²) in [6.45, 7) is 5.15. The van der Waals surface area contributed by atoms with Crippen LogP contribution in [0, 0.1) is 18.7 Å². The third kappa shape index (κ3) is 3.40. The number of rotatable bonds is 2. The second-order valence-corrected chi connectivity index (χ2v) is 5.06. The first-order chi connectivity index (χ1) is 8.15. The highest BCUT2D eigenvalue weighted by molar-refractivity contribution is 5.50. The number of piperidine rings is 1. The van der Waals surface area contributed by atoms with Gasteiger partial charge in [-0.05, 0) is 49.4 Å². The van der Waals surface area contributed by atoms with Gasteiger partial charge in [-0.15, -0.1) is 0 Å². The maximum absolute atomic E-state index is 13.4. The molecular weight excluding hydrogens is 213 g/mol. The summed E-state index contributed by atoms with van der Waals surface area (Å²) in [6, 6.07) is 5.81. The predicted molar refractivity (Wildman–Crippen MR) is 70.4 cm³/mol. The molecule has 1 N–H and O–H groups in total. The van der Waals surface area contributed by atoms with Gasteiger partial charge in [-0.25, -0.2) is 4.39 Å². The fraction of sp³-hybridized carbons (Fsp3) is 0.467. The third-order valence-electron chi connectivity index (χ3n) is 3.42. The summed E-state index contributed by atoms with van der Waals surface area (Å²) < 4.78 is 13.4. The van der Waals surface area contributed by atoms with Crippen molar-refractivity contribution in [3.8, 4) is 0 Å². The largest absolute Gasteiger partial charge is 0.310 e. The van der Waals surface area contributed by atoms with Gasteiger partial charge in [-0.3, -0.25) is 0 Å². The molecule has 0 amide bonds. The zero-order valence-corrected chi connectivity index (χ0v) is 10.5. The summed E-state index contributed by atoms with van der Waals surface area (Å²) in [7, 11) is 0. The van der Waals surface area contributed by atoms with Crippen LogP contribution in [0.5, 0.6) is 0 Å². The summed E-state index contributed by atoms with van der Waals surface area (Å²) in [4.78, 5) is 0. The molecule has 0 saturated carbocycles. The maximum atomic E-state index is 13.4. The molecule has 0 aliphatic carbocycles. The van der Waals surface area contributed by atoms with Crippen molar-refractivity contribution in [2.75, 3.05) is 6.54 Å². The molecule has 1 fully saturated rings. The second kappa shape index (κ2) is 5.46. The summed E-state index contributed by atoms with van der Waals surface area (Å²) in [5, 5.41) is 3.47. The van der Waals surface area contributed by atoms with Crippen molar-refractivity contribution >= 4 is 6.08 Å². The summed E-state index contributed by atoms with van der Waals surface area (Å²) >= 11 is 0. The van der Waals surface area contributed by atoms with E-state index in [0.717, 1.165) is 18.0 Å². The Bertz CT molecular complexity index is 411. The maximum Gasteiger partial charge on any atom is 0.126 e. The Morgan fingerprint density at radius 1 is 1.41 bits per heavy atom. The van der Waals surface area contributed by atoms with Gasteiger partial charge in [-0.2, -0.15) is 0 Å². The quantitative estimate of drug-likeness (QED) is 0.824. The highest BCUT2D eigenvalue weighted by atomic mass is 19.1. The number of aryl methyl sites for hydroxylation is 1. The molecule has 0 radical (unpaired) electrons. The predicted octanol–water partition coefficient (Wildman–Crippen LogP) is 3.54. The topological polar surface area (TPSA) is 12.0 Å². The van der Waals surface area contributed by atoms with Crippen LogP contribution in [0.25, 0.3) is 6.08 Å². The van der Waals surface area contributed by atoms with Crippen LogP contribution in [0.1, 0.15) is 30.9 Å². The average Bonchev–Trinajstić information content (AvgIpc) is 2.31. The Kier molecular flexibility index (Phi) is 3.95. The standard InChI is InChI=1S/C15H20FN/c1-11-7-8-17-14(9-11)6-5-13-4-3-12(2)15(16)10-13/h3-6,10-11,14,17H,7-9H2,1-2H3/b6-5+. The number of nitrogens with one attached hydrogen (secondary N) is 1. The van der Waals surface area contributed by atoms with Gasteiger partial charge in [0.2, 0.25) is 0 Å². The van der Waals surface area contributed by atoms with Crippen LogP contribution < -0.4 is 5.32 Å². The highest BCUT2D eigenvalue weighted by Crippen LogP contribution is 2.17. The van der Waals surface area contributed by atoms with Crippen molar-refractivity contribution in [1.29, 1.82) is 0 Å². The van der Waals surface area contributed by atoms with Crippen molar-refractivity contribution in [2.24, 2.45) is 5.92 Å². The summed E-state index contributed by atoms with van der Waals surface area (Å²) in [6.07, 6.45) is 6.59. The molecule has 2 unspecified atom stereocenters. The summed E-state index contributed by atoms with van der Waals surface area (Å²) in [5.41, 5.74) is 1.64. The Morgan fingerprint density at radius 3 is 2.94 bits per heavy atom. The van der Waals surface area contributed by atoms with E-state index in [0.29, 0.717) is 11.6 Å².